The van der Waals surface area contributed by atoms with Crippen LogP contribution in [0.3, 0.4) is 0 Å². The van der Waals surface area contributed by atoms with E-state index in [0.29, 0.717) is 5.41 Å². The molecule has 1 aromatic rings. The van der Waals surface area contributed by atoms with Crippen molar-refractivity contribution in [2.45, 2.75) is 38.6 Å². The van der Waals surface area contributed by atoms with E-state index in [1.54, 1.807) is 0 Å². The summed E-state index contributed by atoms with van der Waals surface area (Å²) in [4.78, 5) is 4.40. The number of guanidine groups is 1. The van der Waals surface area contributed by atoms with E-state index in [0.717, 1.165) is 50.9 Å². The smallest absolute Gasteiger partial charge is 0.191 e. The predicted molar refractivity (Wildman–Crippen MR) is 96.6 cm³/mol. The van der Waals surface area contributed by atoms with E-state index in [4.69, 9.17) is 9.47 Å². The number of aliphatic imine (C=N–C) groups is 1. The summed E-state index contributed by atoms with van der Waals surface area (Å²) in [5.74, 6) is 1.85. The van der Waals surface area contributed by atoms with Gasteiger partial charge in [-0.2, -0.15) is 0 Å². The Morgan fingerprint density at radius 1 is 1.38 bits per heavy atom. The molecule has 5 nitrogen and oxygen atoms in total. The van der Waals surface area contributed by atoms with Gasteiger partial charge in [-0.3, -0.25) is 4.99 Å². The summed E-state index contributed by atoms with van der Waals surface area (Å²) in [6.07, 6.45) is 4.65. The van der Waals surface area contributed by atoms with E-state index in [-0.39, 0.29) is 6.04 Å². The van der Waals surface area contributed by atoms with Crippen LogP contribution in [0.5, 0.6) is 5.75 Å². The lowest BCUT2D eigenvalue weighted by atomic mass is 10.0. The van der Waals surface area contributed by atoms with Crippen molar-refractivity contribution in [3.05, 3.63) is 29.8 Å². The minimum absolute atomic E-state index is 0.250. The van der Waals surface area contributed by atoms with Gasteiger partial charge in [0.15, 0.2) is 5.96 Å². The van der Waals surface area contributed by atoms with Crippen LogP contribution in [0.15, 0.2) is 29.3 Å². The third-order valence-electron chi connectivity index (χ3n) is 5.06. The molecule has 1 heterocycles. The van der Waals surface area contributed by atoms with E-state index in [2.05, 4.69) is 34.7 Å². The van der Waals surface area contributed by atoms with Gasteiger partial charge in [-0.15, -0.1) is 0 Å². The molecule has 24 heavy (non-hydrogen) atoms. The van der Waals surface area contributed by atoms with Crippen LogP contribution in [0.2, 0.25) is 0 Å². The van der Waals surface area contributed by atoms with Crippen molar-refractivity contribution in [2.75, 3.05) is 33.4 Å². The molecule has 0 aromatic heterocycles. The molecule has 2 N–H and O–H groups in total. The highest BCUT2D eigenvalue weighted by molar-refractivity contribution is 5.80. The molecule has 0 spiro atoms. The summed E-state index contributed by atoms with van der Waals surface area (Å²) in [7, 11) is 1.83. The first-order valence-electron chi connectivity index (χ1n) is 9.03. The number of fused-ring (bicyclic) bond motifs is 1. The van der Waals surface area contributed by atoms with Gasteiger partial charge in [0.05, 0.1) is 12.6 Å². The number of hydrogen-bond acceptors (Lipinski definition) is 3. The maximum Gasteiger partial charge on any atom is 0.191 e. The Kier molecular flexibility index (Phi) is 5.61. The first-order chi connectivity index (χ1) is 11.8. The molecule has 1 aromatic carbocycles. The standard InChI is InChI=1S/C19H29N3O2/c1-3-23-13-11-19(9-10-19)14-21-18(20-2)22-16-8-12-24-17-7-5-4-6-15(16)17/h4-7,16H,3,8-14H2,1-2H3,(H2,20,21,22). The molecule has 2 aliphatic rings. The van der Waals surface area contributed by atoms with Crippen molar-refractivity contribution >= 4 is 5.96 Å². The van der Waals surface area contributed by atoms with Crippen LogP contribution in [0, 0.1) is 5.41 Å². The molecule has 1 saturated carbocycles. The summed E-state index contributed by atoms with van der Waals surface area (Å²) >= 11 is 0. The van der Waals surface area contributed by atoms with Gasteiger partial charge in [0.2, 0.25) is 0 Å². The second-order valence-corrected chi connectivity index (χ2v) is 6.74. The normalized spacial score (nSPS) is 21.6. The van der Waals surface area contributed by atoms with Gasteiger partial charge in [-0.05, 0) is 37.7 Å². The van der Waals surface area contributed by atoms with Crippen LogP contribution in [0.4, 0.5) is 0 Å². The molecule has 1 unspecified atom stereocenters. The Bertz CT molecular complexity index is 569. The third kappa shape index (κ3) is 4.20. The number of nitrogens with zero attached hydrogens (tertiary/aromatic N) is 1. The van der Waals surface area contributed by atoms with Crippen molar-refractivity contribution in [2.24, 2.45) is 10.4 Å². The number of ether oxygens (including phenoxy) is 2. The molecule has 0 bridgehead atoms. The minimum atomic E-state index is 0.250. The van der Waals surface area contributed by atoms with Gasteiger partial charge in [0.25, 0.3) is 0 Å². The molecule has 1 atom stereocenters. The Balaban J connectivity index is 1.53. The summed E-state index contributed by atoms with van der Waals surface area (Å²) in [5, 5.41) is 7.08. The first-order valence-corrected chi connectivity index (χ1v) is 9.03. The molecule has 0 radical (unpaired) electrons. The van der Waals surface area contributed by atoms with Gasteiger partial charge in [0, 0.05) is 38.8 Å². The largest absolute Gasteiger partial charge is 0.493 e. The second kappa shape index (κ2) is 7.88. The van der Waals surface area contributed by atoms with Crippen LogP contribution in [-0.2, 0) is 4.74 Å². The van der Waals surface area contributed by atoms with Gasteiger partial charge in [0.1, 0.15) is 5.75 Å². The van der Waals surface area contributed by atoms with Gasteiger partial charge in [-0.1, -0.05) is 18.2 Å². The van der Waals surface area contributed by atoms with Crippen LogP contribution in [0.1, 0.15) is 44.2 Å². The molecule has 3 rings (SSSR count). The Labute approximate surface area is 144 Å². The van der Waals surface area contributed by atoms with Crippen molar-refractivity contribution < 1.29 is 9.47 Å². The van der Waals surface area contributed by atoms with Crippen molar-refractivity contribution in [1.82, 2.24) is 10.6 Å². The maximum atomic E-state index is 5.73. The molecular weight excluding hydrogens is 302 g/mol. The first kappa shape index (κ1) is 17.1. The molecule has 132 valence electrons. The average Bonchev–Trinajstić information content (AvgIpc) is 3.39. The highest BCUT2D eigenvalue weighted by Gasteiger charge is 2.42. The lowest BCUT2D eigenvalue weighted by molar-refractivity contribution is 0.128. The number of nitrogens with one attached hydrogen (secondary N) is 2. The quantitative estimate of drug-likeness (QED) is 0.458. The number of rotatable bonds is 7. The third-order valence-corrected chi connectivity index (χ3v) is 5.06. The molecule has 5 heteroatoms. The lowest BCUT2D eigenvalue weighted by Gasteiger charge is -2.28. The minimum Gasteiger partial charge on any atom is -0.493 e. The van der Waals surface area contributed by atoms with Crippen LogP contribution in [-0.4, -0.2) is 39.4 Å². The highest BCUT2D eigenvalue weighted by atomic mass is 16.5. The van der Waals surface area contributed by atoms with E-state index in [1.165, 1.54) is 18.4 Å². The highest BCUT2D eigenvalue weighted by Crippen LogP contribution is 2.48. The van der Waals surface area contributed by atoms with Crippen molar-refractivity contribution in [3.63, 3.8) is 0 Å². The predicted octanol–water partition coefficient (Wildman–Crippen LogP) is 2.88. The van der Waals surface area contributed by atoms with Crippen LogP contribution in [0.25, 0.3) is 0 Å². The Morgan fingerprint density at radius 3 is 2.96 bits per heavy atom. The van der Waals surface area contributed by atoms with E-state index in [1.807, 2.05) is 19.2 Å². The van der Waals surface area contributed by atoms with Gasteiger partial charge >= 0.3 is 0 Å². The molecule has 1 aliphatic carbocycles. The molecule has 1 aliphatic heterocycles. The molecular formula is C19H29N3O2. The summed E-state index contributed by atoms with van der Waals surface area (Å²) < 4.78 is 11.2. The zero-order valence-corrected chi connectivity index (χ0v) is 14.8. The SMILES string of the molecule is CCOCCC1(CNC(=NC)NC2CCOc3ccccc32)CC1. The maximum absolute atomic E-state index is 5.73. The molecule has 0 saturated heterocycles. The van der Waals surface area contributed by atoms with E-state index < -0.39 is 0 Å². The molecule has 1 fully saturated rings. The zero-order valence-electron chi connectivity index (χ0n) is 14.8. The monoisotopic (exact) mass is 331 g/mol. The molecule has 0 amide bonds. The average molecular weight is 331 g/mol. The lowest BCUT2D eigenvalue weighted by Crippen LogP contribution is -2.43. The summed E-state index contributed by atoms with van der Waals surface area (Å²) in [6, 6.07) is 8.49. The van der Waals surface area contributed by atoms with Gasteiger partial charge < -0.3 is 20.1 Å². The van der Waals surface area contributed by atoms with Crippen molar-refractivity contribution in [3.8, 4) is 5.75 Å². The van der Waals surface area contributed by atoms with E-state index >= 15 is 0 Å². The fourth-order valence-corrected chi connectivity index (χ4v) is 3.25. The number of para-hydroxylation sites is 1. The summed E-state index contributed by atoms with van der Waals surface area (Å²) in [5.41, 5.74) is 1.62. The van der Waals surface area contributed by atoms with Crippen LogP contribution >= 0.6 is 0 Å². The van der Waals surface area contributed by atoms with Crippen LogP contribution < -0.4 is 15.4 Å². The topological polar surface area (TPSA) is 54.9 Å². The number of benzene rings is 1. The second-order valence-electron chi connectivity index (χ2n) is 6.74. The summed E-state index contributed by atoms with van der Waals surface area (Å²) in [6.45, 7) is 5.41. The van der Waals surface area contributed by atoms with Crippen molar-refractivity contribution in [1.29, 1.82) is 0 Å². The zero-order chi connectivity index (χ0) is 16.8. The fraction of sp³-hybridized carbons (Fsp3) is 0.632. The Morgan fingerprint density at radius 2 is 2.21 bits per heavy atom. The fourth-order valence-electron chi connectivity index (χ4n) is 3.25. The van der Waals surface area contributed by atoms with E-state index in [9.17, 15) is 0 Å². The Hall–Kier alpha value is -1.75. The number of hydrogen-bond donors (Lipinski definition) is 2. The van der Waals surface area contributed by atoms with Gasteiger partial charge in [-0.25, -0.2) is 0 Å².